The Labute approximate surface area is 152 Å². The Morgan fingerprint density at radius 2 is 1.78 bits per heavy atom. The highest BCUT2D eigenvalue weighted by Gasteiger charge is 2.33. The molecule has 0 aliphatic heterocycles. The lowest BCUT2D eigenvalue weighted by molar-refractivity contribution is 0.189. The molecule has 2 atom stereocenters. The first-order chi connectivity index (χ1) is 11.0. The van der Waals surface area contributed by atoms with Gasteiger partial charge in [0.15, 0.2) is 11.6 Å². The highest BCUT2D eigenvalue weighted by atomic mass is 127. The maximum atomic E-state index is 14.5. The van der Waals surface area contributed by atoms with Gasteiger partial charge in [-0.15, -0.1) is 0 Å². The van der Waals surface area contributed by atoms with Gasteiger partial charge in [-0.2, -0.15) is 0 Å². The van der Waals surface area contributed by atoms with Gasteiger partial charge in [-0.1, -0.05) is 42.5 Å². The molecule has 0 saturated heterocycles. The van der Waals surface area contributed by atoms with Crippen LogP contribution in [0.5, 0.6) is 0 Å². The lowest BCUT2D eigenvalue weighted by atomic mass is 9.69. The second kappa shape index (κ2) is 7.37. The van der Waals surface area contributed by atoms with Gasteiger partial charge in [-0.25, -0.2) is 8.78 Å². The van der Waals surface area contributed by atoms with E-state index in [2.05, 4.69) is 29.5 Å². The topological polar surface area (TPSA) is 0 Å². The molecule has 1 aromatic carbocycles. The smallest absolute Gasteiger partial charge is 0.162 e. The van der Waals surface area contributed by atoms with Crippen LogP contribution in [-0.2, 0) is 19.3 Å². The molecule has 2 aliphatic rings. The molecular formula is C20H27F2I. The first kappa shape index (κ1) is 17.6. The summed E-state index contributed by atoms with van der Waals surface area (Å²) in [6, 6.07) is 1.92. The predicted octanol–water partition coefficient (Wildman–Crippen LogP) is 6.26. The molecule has 1 fully saturated rings. The molecular weight excluding hydrogens is 405 g/mol. The zero-order chi connectivity index (χ0) is 16.6. The second-order valence-corrected chi connectivity index (χ2v) is 9.47. The van der Waals surface area contributed by atoms with E-state index in [4.69, 9.17) is 0 Å². The highest BCUT2D eigenvalue weighted by Crippen LogP contribution is 2.42. The van der Waals surface area contributed by atoms with Crippen LogP contribution < -0.4 is 0 Å². The first-order valence-corrected chi connectivity index (χ1v) is 10.4. The largest absolute Gasteiger partial charge is 0.203 e. The van der Waals surface area contributed by atoms with Gasteiger partial charge in [0.1, 0.15) is 0 Å². The number of hydrogen-bond donors (Lipinski definition) is 0. The van der Waals surface area contributed by atoms with Crippen LogP contribution in [0, 0.1) is 29.4 Å². The van der Waals surface area contributed by atoms with Gasteiger partial charge < -0.3 is 0 Å². The molecule has 0 aromatic heterocycles. The Morgan fingerprint density at radius 3 is 2.39 bits per heavy atom. The molecule has 1 unspecified atom stereocenters. The van der Waals surface area contributed by atoms with Crippen molar-refractivity contribution in [2.45, 2.75) is 69.1 Å². The molecule has 3 heteroatoms. The SMILES string of the molecule is CCc1cc2c(c(F)c1F)CC(C1CCC([C@H](C)I)CC1)CC2. The lowest BCUT2D eigenvalue weighted by Gasteiger charge is -2.37. The average molecular weight is 432 g/mol. The molecule has 23 heavy (non-hydrogen) atoms. The summed E-state index contributed by atoms with van der Waals surface area (Å²) in [5.74, 6) is 0.953. The number of halogens is 3. The van der Waals surface area contributed by atoms with Crippen LogP contribution >= 0.6 is 22.6 Å². The fourth-order valence-corrected chi connectivity index (χ4v) is 5.38. The van der Waals surface area contributed by atoms with Crippen molar-refractivity contribution in [3.05, 3.63) is 34.4 Å². The Kier molecular flexibility index (Phi) is 5.64. The molecule has 0 nitrogen and oxygen atoms in total. The molecule has 0 amide bonds. The van der Waals surface area contributed by atoms with Crippen LogP contribution in [0.2, 0.25) is 0 Å². The maximum absolute atomic E-state index is 14.5. The van der Waals surface area contributed by atoms with E-state index >= 15 is 0 Å². The Bertz CT molecular complexity index is 559. The molecule has 128 valence electrons. The summed E-state index contributed by atoms with van der Waals surface area (Å²) in [4.78, 5) is 0. The summed E-state index contributed by atoms with van der Waals surface area (Å²) in [7, 11) is 0. The molecule has 0 N–H and O–H groups in total. The van der Waals surface area contributed by atoms with Crippen LogP contribution in [0.4, 0.5) is 8.78 Å². The van der Waals surface area contributed by atoms with Crippen LogP contribution in [0.1, 0.15) is 62.6 Å². The minimum absolute atomic E-state index is 0.538. The van der Waals surface area contributed by atoms with Crippen molar-refractivity contribution in [3.63, 3.8) is 0 Å². The average Bonchev–Trinajstić information content (AvgIpc) is 2.58. The minimum atomic E-state index is -0.602. The standard InChI is InChI=1S/C20H27F2I/c1-3-13-10-17-9-8-16(11-18(17)20(22)19(13)21)15-6-4-14(5-7-15)12(2)23/h10,12,14-16H,3-9,11H2,1-2H3/t12-,14?,15?,16?/m0/s1. The van der Waals surface area contributed by atoms with Crippen molar-refractivity contribution in [2.75, 3.05) is 0 Å². The summed E-state index contributed by atoms with van der Waals surface area (Å²) >= 11 is 2.55. The van der Waals surface area contributed by atoms with Gasteiger partial charge in [0.25, 0.3) is 0 Å². The van der Waals surface area contributed by atoms with E-state index in [1.807, 2.05) is 13.0 Å². The Balaban J connectivity index is 1.72. The van der Waals surface area contributed by atoms with Gasteiger partial charge >= 0.3 is 0 Å². The predicted molar refractivity (Wildman–Crippen MR) is 100 cm³/mol. The third-order valence-electron chi connectivity index (χ3n) is 6.24. The molecule has 1 saturated carbocycles. The van der Waals surface area contributed by atoms with Crippen molar-refractivity contribution < 1.29 is 8.78 Å². The first-order valence-electron chi connectivity index (χ1n) is 9.13. The van der Waals surface area contributed by atoms with E-state index in [0.717, 1.165) is 34.7 Å². The van der Waals surface area contributed by atoms with Crippen molar-refractivity contribution in [1.29, 1.82) is 0 Å². The number of alkyl halides is 1. The third-order valence-corrected chi connectivity index (χ3v) is 7.26. The third kappa shape index (κ3) is 3.59. The molecule has 0 radical (unpaired) electrons. The maximum Gasteiger partial charge on any atom is 0.162 e. The summed E-state index contributed by atoms with van der Waals surface area (Å²) in [6.07, 6.45) is 8.55. The fraction of sp³-hybridized carbons (Fsp3) is 0.700. The normalized spacial score (nSPS) is 29.2. The van der Waals surface area contributed by atoms with E-state index < -0.39 is 11.6 Å². The second-order valence-electron chi connectivity index (χ2n) is 7.51. The monoisotopic (exact) mass is 432 g/mol. The zero-order valence-corrected chi connectivity index (χ0v) is 16.3. The van der Waals surface area contributed by atoms with E-state index in [9.17, 15) is 8.78 Å². The van der Waals surface area contributed by atoms with Crippen LogP contribution in [0.25, 0.3) is 0 Å². The van der Waals surface area contributed by atoms with Crippen molar-refractivity contribution >= 4 is 22.6 Å². The Hall–Kier alpha value is -0.190. The summed E-state index contributed by atoms with van der Waals surface area (Å²) in [5.41, 5.74) is 2.28. The van der Waals surface area contributed by atoms with Gasteiger partial charge in [-0.3, -0.25) is 0 Å². The summed E-state index contributed by atoms with van der Waals surface area (Å²) < 4.78 is 29.3. The molecule has 2 aliphatic carbocycles. The van der Waals surface area contributed by atoms with Crippen molar-refractivity contribution in [3.8, 4) is 0 Å². The van der Waals surface area contributed by atoms with Crippen LogP contribution in [-0.4, -0.2) is 3.92 Å². The van der Waals surface area contributed by atoms with E-state index in [0.29, 0.717) is 29.4 Å². The Morgan fingerprint density at radius 1 is 1.09 bits per heavy atom. The number of hydrogen-bond acceptors (Lipinski definition) is 0. The molecule has 0 bridgehead atoms. The van der Waals surface area contributed by atoms with Crippen LogP contribution in [0.15, 0.2) is 6.07 Å². The minimum Gasteiger partial charge on any atom is -0.203 e. The van der Waals surface area contributed by atoms with E-state index in [1.54, 1.807) is 0 Å². The number of rotatable bonds is 3. The van der Waals surface area contributed by atoms with Crippen molar-refractivity contribution in [2.24, 2.45) is 17.8 Å². The fourth-order valence-electron chi connectivity index (χ4n) is 4.66. The van der Waals surface area contributed by atoms with Gasteiger partial charge in [0, 0.05) is 3.92 Å². The number of benzene rings is 1. The van der Waals surface area contributed by atoms with Gasteiger partial charge in [0.2, 0.25) is 0 Å². The van der Waals surface area contributed by atoms with E-state index in [-0.39, 0.29) is 0 Å². The zero-order valence-electron chi connectivity index (χ0n) is 14.2. The van der Waals surface area contributed by atoms with E-state index in [1.165, 1.54) is 25.7 Å². The lowest BCUT2D eigenvalue weighted by Crippen LogP contribution is -2.29. The quantitative estimate of drug-likeness (QED) is 0.391. The van der Waals surface area contributed by atoms with Gasteiger partial charge in [0.05, 0.1) is 0 Å². The summed E-state index contributed by atoms with van der Waals surface area (Å²) in [5, 5.41) is 0. The van der Waals surface area contributed by atoms with Gasteiger partial charge in [-0.05, 0) is 85.8 Å². The van der Waals surface area contributed by atoms with Crippen molar-refractivity contribution in [1.82, 2.24) is 0 Å². The molecule has 3 rings (SSSR count). The number of fused-ring (bicyclic) bond motifs is 1. The molecule has 0 heterocycles. The number of aryl methyl sites for hydroxylation is 2. The summed E-state index contributed by atoms with van der Waals surface area (Å²) in [6.45, 7) is 4.20. The molecule has 0 spiro atoms. The molecule has 1 aromatic rings. The highest BCUT2D eigenvalue weighted by molar-refractivity contribution is 14.1. The van der Waals surface area contributed by atoms with Crippen LogP contribution in [0.3, 0.4) is 0 Å².